The maximum atomic E-state index is 13.0. The Kier molecular flexibility index (Phi) is 4.16. The van der Waals surface area contributed by atoms with Crippen LogP contribution in [-0.2, 0) is 10.0 Å². The van der Waals surface area contributed by atoms with Gasteiger partial charge >= 0.3 is 0 Å². The standard InChI is InChI=1S/C12H11FIN3O2S/c13-7-1-3-11(9(14)5-7)17-8-2-4-12(10(15)6-8)20(16,18)19/h1-6,17H,15H2,(H2,16,18,19). The van der Waals surface area contributed by atoms with Crippen molar-refractivity contribution in [2.75, 3.05) is 11.1 Å². The fourth-order valence-electron chi connectivity index (χ4n) is 1.63. The van der Waals surface area contributed by atoms with Crippen LogP contribution in [0.25, 0.3) is 0 Å². The molecule has 0 saturated heterocycles. The molecule has 0 radical (unpaired) electrons. The second-order valence-corrected chi connectivity index (χ2v) is 6.74. The summed E-state index contributed by atoms with van der Waals surface area (Å²) in [4.78, 5) is -0.128. The monoisotopic (exact) mass is 407 g/mol. The normalized spacial score (nSPS) is 11.3. The number of halogens is 2. The molecule has 0 saturated carbocycles. The fourth-order valence-corrected chi connectivity index (χ4v) is 2.89. The van der Waals surface area contributed by atoms with Crippen molar-refractivity contribution in [2.45, 2.75) is 4.90 Å². The van der Waals surface area contributed by atoms with Crippen molar-refractivity contribution >= 4 is 49.7 Å². The lowest BCUT2D eigenvalue weighted by Crippen LogP contribution is -2.14. The molecule has 0 aliphatic carbocycles. The first-order valence-electron chi connectivity index (χ1n) is 5.42. The average Bonchev–Trinajstić information content (AvgIpc) is 2.31. The molecule has 0 amide bonds. The molecule has 8 heteroatoms. The Labute approximate surface area is 129 Å². The maximum absolute atomic E-state index is 13.0. The minimum Gasteiger partial charge on any atom is -0.398 e. The number of primary sulfonamides is 1. The molecule has 5 N–H and O–H groups in total. The number of benzene rings is 2. The van der Waals surface area contributed by atoms with E-state index in [4.69, 9.17) is 10.9 Å². The Morgan fingerprint density at radius 2 is 1.85 bits per heavy atom. The van der Waals surface area contributed by atoms with Crippen molar-refractivity contribution in [1.29, 1.82) is 0 Å². The summed E-state index contributed by atoms with van der Waals surface area (Å²) >= 11 is 1.99. The first-order valence-corrected chi connectivity index (χ1v) is 8.04. The van der Waals surface area contributed by atoms with E-state index in [1.54, 1.807) is 6.07 Å². The summed E-state index contributed by atoms with van der Waals surface area (Å²) < 4.78 is 36.2. The highest BCUT2D eigenvalue weighted by Gasteiger charge is 2.12. The van der Waals surface area contributed by atoms with Crippen molar-refractivity contribution in [2.24, 2.45) is 5.14 Å². The lowest BCUT2D eigenvalue weighted by atomic mass is 10.2. The van der Waals surface area contributed by atoms with Gasteiger partial charge < -0.3 is 11.1 Å². The van der Waals surface area contributed by atoms with Gasteiger partial charge in [0.05, 0.1) is 11.4 Å². The van der Waals surface area contributed by atoms with Gasteiger partial charge in [-0.2, -0.15) is 0 Å². The van der Waals surface area contributed by atoms with Gasteiger partial charge in [-0.1, -0.05) is 0 Å². The van der Waals surface area contributed by atoms with Crippen molar-refractivity contribution in [1.82, 2.24) is 0 Å². The highest BCUT2D eigenvalue weighted by atomic mass is 127. The molecule has 0 heterocycles. The van der Waals surface area contributed by atoms with Gasteiger partial charge in [-0.15, -0.1) is 0 Å². The Hall–Kier alpha value is -1.39. The second-order valence-electron chi connectivity index (χ2n) is 4.05. The van der Waals surface area contributed by atoms with Crippen molar-refractivity contribution < 1.29 is 12.8 Å². The van der Waals surface area contributed by atoms with Crippen LogP contribution < -0.4 is 16.2 Å². The molecule has 2 aromatic carbocycles. The van der Waals surface area contributed by atoms with E-state index in [0.717, 1.165) is 0 Å². The van der Waals surface area contributed by atoms with Gasteiger partial charge in [0.25, 0.3) is 0 Å². The van der Waals surface area contributed by atoms with E-state index in [0.29, 0.717) is 14.9 Å². The van der Waals surface area contributed by atoms with Crippen LogP contribution >= 0.6 is 22.6 Å². The van der Waals surface area contributed by atoms with Gasteiger partial charge in [-0.05, 0) is 59.0 Å². The lowest BCUT2D eigenvalue weighted by Gasteiger charge is -2.11. The summed E-state index contributed by atoms with van der Waals surface area (Å²) in [5, 5.41) is 8.06. The molecular weight excluding hydrogens is 396 g/mol. The lowest BCUT2D eigenvalue weighted by molar-refractivity contribution is 0.598. The predicted octanol–water partition coefficient (Wildman–Crippen LogP) is 2.40. The molecule has 0 atom stereocenters. The topological polar surface area (TPSA) is 98.2 Å². The number of nitrogens with two attached hydrogens (primary N) is 2. The van der Waals surface area contributed by atoms with Crippen LogP contribution in [0.4, 0.5) is 21.5 Å². The molecule has 0 aromatic heterocycles. The van der Waals surface area contributed by atoms with Crippen molar-refractivity contribution in [3.05, 3.63) is 45.8 Å². The van der Waals surface area contributed by atoms with Crippen LogP contribution in [0.1, 0.15) is 0 Å². The molecule has 106 valence electrons. The average molecular weight is 407 g/mol. The Morgan fingerprint density at radius 3 is 2.40 bits per heavy atom. The van der Waals surface area contributed by atoms with Gasteiger partial charge in [-0.3, -0.25) is 0 Å². The van der Waals surface area contributed by atoms with Crippen molar-refractivity contribution in [3.8, 4) is 0 Å². The first-order chi connectivity index (χ1) is 9.27. The highest BCUT2D eigenvalue weighted by molar-refractivity contribution is 14.1. The summed E-state index contributed by atoms with van der Waals surface area (Å²) in [5.74, 6) is -0.330. The van der Waals surface area contributed by atoms with Crippen LogP contribution in [0.15, 0.2) is 41.3 Å². The quantitative estimate of drug-likeness (QED) is 0.538. The molecule has 5 nitrogen and oxygen atoms in total. The third kappa shape index (κ3) is 3.38. The molecule has 0 aliphatic rings. The zero-order chi connectivity index (χ0) is 14.9. The molecule has 20 heavy (non-hydrogen) atoms. The summed E-state index contributed by atoms with van der Waals surface area (Å²) in [6.45, 7) is 0. The SMILES string of the molecule is Nc1cc(Nc2ccc(F)cc2I)ccc1S(N)(=O)=O. The number of hydrogen-bond donors (Lipinski definition) is 3. The van der Waals surface area contributed by atoms with Gasteiger partial charge in [0.15, 0.2) is 0 Å². The van der Waals surface area contributed by atoms with E-state index < -0.39 is 10.0 Å². The molecule has 0 fully saturated rings. The minimum absolute atomic E-state index is 0.0506. The maximum Gasteiger partial charge on any atom is 0.240 e. The molecule has 0 spiro atoms. The minimum atomic E-state index is -3.84. The molecular formula is C12H11FIN3O2S. The van der Waals surface area contributed by atoms with Crippen LogP contribution in [-0.4, -0.2) is 8.42 Å². The summed E-state index contributed by atoms with van der Waals surface area (Å²) in [5.41, 5.74) is 6.99. The van der Waals surface area contributed by atoms with E-state index >= 15 is 0 Å². The number of sulfonamides is 1. The van der Waals surface area contributed by atoms with Crippen LogP contribution in [0.2, 0.25) is 0 Å². The zero-order valence-corrected chi connectivity index (χ0v) is 13.1. The third-order valence-electron chi connectivity index (χ3n) is 2.53. The summed E-state index contributed by atoms with van der Waals surface area (Å²) in [6, 6.07) is 8.61. The van der Waals surface area contributed by atoms with Gasteiger partial charge in [0, 0.05) is 9.26 Å². The van der Waals surface area contributed by atoms with E-state index in [-0.39, 0.29) is 16.4 Å². The smallest absolute Gasteiger partial charge is 0.240 e. The van der Waals surface area contributed by atoms with Crippen LogP contribution in [0.5, 0.6) is 0 Å². The van der Waals surface area contributed by atoms with E-state index in [9.17, 15) is 12.8 Å². The number of anilines is 3. The summed E-state index contributed by atoms with van der Waals surface area (Å²) in [7, 11) is -3.84. The molecule has 0 bridgehead atoms. The van der Waals surface area contributed by atoms with E-state index in [2.05, 4.69) is 5.32 Å². The van der Waals surface area contributed by atoms with E-state index in [1.807, 2.05) is 22.6 Å². The first kappa shape index (κ1) is 15.0. The fraction of sp³-hybridized carbons (Fsp3) is 0. The zero-order valence-electron chi connectivity index (χ0n) is 10.1. The van der Waals surface area contributed by atoms with Gasteiger partial charge in [-0.25, -0.2) is 17.9 Å². The third-order valence-corrected chi connectivity index (χ3v) is 4.40. The number of nitrogens with one attached hydrogen (secondary N) is 1. The number of nitrogen functional groups attached to an aromatic ring is 1. The van der Waals surface area contributed by atoms with Crippen molar-refractivity contribution in [3.63, 3.8) is 0 Å². The summed E-state index contributed by atoms with van der Waals surface area (Å²) in [6.07, 6.45) is 0. The predicted molar refractivity (Wildman–Crippen MR) is 84.6 cm³/mol. The van der Waals surface area contributed by atoms with E-state index in [1.165, 1.54) is 30.3 Å². The molecule has 0 aliphatic heterocycles. The highest BCUT2D eigenvalue weighted by Crippen LogP contribution is 2.27. The number of rotatable bonds is 3. The molecule has 0 unspecified atom stereocenters. The second kappa shape index (κ2) is 5.54. The molecule has 2 rings (SSSR count). The number of hydrogen-bond acceptors (Lipinski definition) is 4. The Morgan fingerprint density at radius 1 is 1.15 bits per heavy atom. The van der Waals surface area contributed by atoms with Crippen LogP contribution in [0, 0.1) is 9.39 Å². The van der Waals surface area contributed by atoms with Gasteiger partial charge in [0.2, 0.25) is 10.0 Å². The van der Waals surface area contributed by atoms with Gasteiger partial charge in [0.1, 0.15) is 10.7 Å². The molecule has 2 aromatic rings. The Balaban J connectivity index is 2.34. The largest absolute Gasteiger partial charge is 0.398 e. The van der Waals surface area contributed by atoms with Crippen LogP contribution in [0.3, 0.4) is 0 Å². The Bertz CT molecular complexity index is 765.